The number of carbonyl (C=O) groups is 3. The zero-order valence-electron chi connectivity index (χ0n) is 16.8. The van der Waals surface area contributed by atoms with E-state index >= 15 is 0 Å². The van der Waals surface area contributed by atoms with E-state index < -0.39 is 5.91 Å². The monoisotopic (exact) mass is 419 g/mol. The molecule has 0 aromatic heterocycles. The van der Waals surface area contributed by atoms with Gasteiger partial charge in [0.25, 0.3) is 5.91 Å². The van der Waals surface area contributed by atoms with Crippen LogP contribution < -0.4 is 21.1 Å². The van der Waals surface area contributed by atoms with Gasteiger partial charge in [-0.2, -0.15) is 0 Å². The molecule has 3 aromatic rings. The van der Waals surface area contributed by atoms with Crippen LogP contribution in [0.3, 0.4) is 0 Å². The van der Waals surface area contributed by atoms with Crippen LogP contribution in [-0.4, -0.2) is 31.4 Å². The number of rotatable bonds is 8. The smallest absolute Gasteiger partial charge is 0.255 e. The van der Waals surface area contributed by atoms with Crippen LogP contribution in [0.25, 0.3) is 0 Å². The first kappa shape index (κ1) is 21.5. The maximum atomic E-state index is 12.5. The summed E-state index contributed by atoms with van der Waals surface area (Å²) in [6, 6.07) is 19.8. The quantitative estimate of drug-likeness (QED) is 0.517. The third-order valence-electron chi connectivity index (χ3n) is 4.19. The van der Waals surface area contributed by atoms with Crippen LogP contribution in [0.1, 0.15) is 20.7 Å². The van der Waals surface area contributed by atoms with Gasteiger partial charge in [0.05, 0.1) is 0 Å². The molecule has 0 spiro atoms. The van der Waals surface area contributed by atoms with E-state index in [0.717, 1.165) is 0 Å². The highest BCUT2D eigenvalue weighted by Gasteiger charge is 2.08. The van der Waals surface area contributed by atoms with Crippen molar-refractivity contribution in [3.8, 4) is 11.5 Å². The normalized spacial score (nSPS) is 10.2. The lowest BCUT2D eigenvalue weighted by molar-refractivity contribution is -0.119. The Labute approximate surface area is 179 Å². The number of nitrogens with one attached hydrogen (secondary N) is 2. The lowest BCUT2D eigenvalue weighted by atomic mass is 10.2. The van der Waals surface area contributed by atoms with Crippen LogP contribution in [0, 0.1) is 0 Å². The summed E-state index contributed by atoms with van der Waals surface area (Å²) >= 11 is 0. The van der Waals surface area contributed by atoms with Crippen molar-refractivity contribution < 1.29 is 23.9 Å². The molecule has 3 rings (SSSR count). The number of primary amides is 1. The summed E-state index contributed by atoms with van der Waals surface area (Å²) in [5.74, 6) is 0.0331. The lowest BCUT2D eigenvalue weighted by Crippen LogP contribution is -2.17. The fourth-order valence-corrected chi connectivity index (χ4v) is 2.67. The molecule has 4 N–H and O–H groups in total. The summed E-state index contributed by atoms with van der Waals surface area (Å²) in [6.45, 7) is -0.0309. The minimum Gasteiger partial charge on any atom is -0.457 e. The molecule has 8 nitrogen and oxygen atoms in total. The molecular formula is C23H21N3O5. The summed E-state index contributed by atoms with van der Waals surface area (Å²) in [5, 5.41) is 5.47. The van der Waals surface area contributed by atoms with E-state index in [1.807, 2.05) is 0 Å². The van der Waals surface area contributed by atoms with E-state index in [1.54, 1.807) is 72.8 Å². The van der Waals surface area contributed by atoms with E-state index in [-0.39, 0.29) is 18.4 Å². The highest BCUT2D eigenvalue weighted by molar-refractivity contribution is 6.04. The van der Waals surface area contributed by atoms with Crippen LogP contribution in [0.15, 0.2) is 72.8 Å². The minimum atomic E-state index is -0.507. The van der Waals surface area contributed by atoms with Gasteiger partial charge in [0.2, 0.25) is 11.8 Å². The molecule has 0 bridgehead atoms. The number of hydrogen-bond acceptors (Lipinski definition) is 5. The van der Waals surface area contributed by atoms with Crippen molar-refractivity contribution in [3.63, 3.8) is 0 Å². The molecule has 0 atom stereocenters. The van der Waals surface area contributed by atoms with Crippen molar-refractivity contribution in [2.45, 2.75) is 0 Å². The van der Waals surface area contributed by atoms with Crippen LogP contribution in [0.5, 0.6) is 11.5 Å². The number of amides is 3. The number of anilines is 2. The molecular weight excluding hydrogens is 398 g/mol. The number of nitrogens with two attached hydrogens (primary N) is 1. The predicted octanol–water partition coefficient (Wildman–Crippen LogP) is 3.42. The summed E-state index contributed by atoms with van der Waals surface area (Å²) in [4.78, 5) is 35.1. The topological polar surface area (TPSA) is 120 Å². The zero-order chi connectivity index (χ0) is 22.2. The van der Waals surface area contributed by atoms with Crippen LogP contribution in [-0.2, 0) is 9.53 Å². The van der Waals surface area contributed by atoms with E-state index in [1.165, 1.54) is 7.11 Å². The molecule has 0 aliphatic rings. The molecule has 0 aliphatic heterocycles. The fraction of sp³-hybridized carbons (Fsp3) is 0.0870. The number of methoxy groups -OCH3 is 1. The number of carbonyl (C=O) groups excluding carboxylic acids is 3. The van der Waals surface area contributed by atoms with Crippen LogP contribution in [0.2, 0.25) is 0 Å². The van der Waals surface area contributed by atoms with Crippen molar-refractivity contribution >= 4 is 29.1 Å². The van der Waals surface area contributed by atoms with Gasteiger partial charge in [0, 0.05) is 29.6 Å². The molecule has 0 fully saturated rings. The average Bonchev–Trinajstić information content (AvgIpc) is 2.76. The molecule has 0 radical (unpaired) electrons. The number of hydrogen-bond donors (Lipinski definition) is 3. The van der Waals surface area contributed by atoms with Gasteiger partial charge in [0.1, 0.15) is 18.1 Å². The Morgan fingerprint density at radius 2 is 1.23 bits per heavy atom. The van der Waals surface area contributed by atoms with Crippen molar-refractivity contribution in [2.75, 3.05) is 24.4 Å². The highest BCUT2D eigenvalue weighted by atomic mass is 16.5. The zero-order valence-corrected chi connectivity index (χ0v) is 16.8. The van der Waals surface area contributed by atoms with E-state index in [4.69, 9.17) is 15.2 Å². The summed E-state index contributed by atoms with van der Waals surface area (Å²) in [7, 11) is 1.44. The van der Waals surface area contributed by atoms with Crippen molar-refractivity contribution in [2.24, 2.45) is 5.73 Å². The second-order valence-corrected chi connectivity index (χ2v) is 6.53. The van der Waals surface area contributed by atoms with Crippen LogP contribution in [0.4, 0.5) is 11.4 Å². The first-order chi connectivity index (χ1) is 14.9. The van der Waals surface area contributed by atoms with Gasteiger partial charge in [-0.25, -0.2) is 0 Å². The van der Waals surface area contributed by atoms with Crippen molar-refractivity contribution in [3.05, 3.63) is 83.9 Å². The molecule has 0 heterocycles. The third-order valence-corrected chi connectivity index (χ3v) is 4.19. The minimum absolute atomic E-state index is 0.0309. The molecule has 3 amide bonds. The Morgan fingerprint density at radius 3 is 1.71 bits per heavy atom. The molecule has 31 heavy (non-hydrogen) atoms. The van der Waals surface area contributed by atoms with E-state index in [2.05, 4.69) is 10.6 Å². The third kappa shape index (κ3) is 6.15. The van der Waals surface area contributed by atoms with Gasteiger partial charge in [-0.3, -0.25) is 14.4 Å². The summed E-state index contributed by atoms with van der Waals surface area (Å²) in [5.41, 5.74) is 7.25. The van der Waals surface area contributed by atoms with Gasteiger partial charge < -0.3 is 25.8 Å². The van der Waals surface area contributed by atoms with Crippen molar-refractivity contribution in [1.82, 2.24) is 0 Å². The predicted molar refractivity (Wildman–Crippen MR) is 116 cm³/mol. The fourth-order valence-electron chi connectivity index (χ4n) is 2.67. The van der Waals surface area contributed by atoms with Gasteiger partial charge in [-0.1, -0.05) is 0 Å². The number of ether oxygens (including phenoxy) is 2. The average molecular weight is 419 g/mol. The maximum absolute atomic E-state index is 12.5. The molecule has 0 saturated heterocycles. The maximum Gasteiger partial charge on any atom is 0.255 e. The molecule has 3 aromatic carbocycles. The number of benzene rings is 3. The van der Waals surface area contributed by atoms with E-state index in [0.29, 0.717) is 34.0 Å². The molecule has 158 valence electrons. The van der Waals surface area contributed by atoms with Crippen molar-refractivity contribution in [1.29, 1.82) is 0 Å². The molecule has 0 aliphatic carbocycles. The SMILES string of the molecule is COCC(=O)Nc1ccc(NC(=O)c2ccc(Oc3ccc(C(N)=O)cc3)cc2)cc1. The standard InChI is InChI=1S/C23H21N3O5/c1-30-14-21(27)25-17-6-8-18(9-7-17)26-23(29)16-4-12-20(13-5-16)31-19-10-2-15(3-11-19)22(24)28/h2-13H,14H2,1H3,(H2,24,28)(H,25,27)(H,26,29). The van der Waals surface area contributed by atoms with Gasteiger partial charge in [0.15, 0.2) is 0 Å². The molecule has 0 unspecified atom stereocenters. The molecule has 0 saturated carbocycles. The lowest BCUT2D eigenvalue weighted by Gasteiger charge is -2.09. The first-order valence-electron chi connectivity index (χ1n) is 9.32. The summed E-state index contributed by atoms with van der Waals surface area (Å²) in [6.07, 6.45) is 0. The Balaban J connectivity index is 1.57. The largest absolute Gasteiger partial charge is 0.457 e. The van der Waals surface area contributed by atoms with Crippen LogP contribution >= 0.6 is 0 Å². The molecule has 8 heteroatoms. The van der Waals surface area contributed by atoms with Gasteiger partial charge >= 0.3 is 0 Å². The Hall–Kier alpha value is -4.17. The van der Waals surface area contributed by atoms with Gasteiger partial charge in [-0.05, 0) is 72.8 Å². The van der Waals surface area contributed by atoms with Gasteiger partial charge in [-0.15, -0.1) is 0 Å². The Bertz CT molecular complexity index is 1060. The first-order valence-corrected chi connectivity index (χ1v) is 9.32. The highest BCUT2D eigenvalue weighted by Crippen LogP contribution is 2.22. The summed E-state index contributed by atoms with van der Waals surface area (Å²) < 4.78 is 10.5. The van der Waals surface area contributed by atoms with E-state index in [9.17, 15) is 14.4 Å². The second-order valence-electron chi connectivity index (χ2n) is 6.53. The Morgan fingerprint density at radius 1 is 0.742 bits per heavy atom. The Kier molecular flexibility index (Phi) is 6.97. The second kappa shape index (κ2) is 10.0.